The quantitative estimate of drug-likeness (QED) is 0.537. The van der Waals surface area contributed by atoms with Crippen LogP contribution in [0.1, 0.15) is 33.5 Å². The Hall–Kier alpha value is -2.67. The van der Waals surface area contributed by atoms with Gasteiger partial charge in [0.1, 0.15) is 6.29 Å². The van der Waals surface area contributed by atoms with Gasteiger partial charge in [-0.15, -0.1) is 0 Å². The molecule has 0 aliphatic heterocycles. The van der Waals surface area contributed by atoms with Crippen molar-refractivity contribution in [2.45, 2.75) is 26.2 Å². The first-order valence-electron chi connectivity index (χ1n) is 8.45. The summed E-state index contributed by atoms with van der Waals surface area (Å²) in [4.78, 5) is 11.1. The van der Waals surface area contributed by atoms with E-state index in [1.807, 2.05) is 18.2 Å². The molecule has 0 aliphatic rings. The van der Waals surface area contributed by atoms with Gasteiger partial charge in [0.25, 0.3) is 0 Å². The molecule has 1 heteroatoms. The van der Waals surface area contributed by atoms with Gasteiger partial charge in [0.15, 0.2) is 0 Å². The molecule has 0 aliphatic carbocycles. The van der Waals surface area contributed by atoms with E-state index in [4.69, 9.17) is 0 Å². The van der Waals surface area contributed by atoms with E-state index in [1.165, 1.54) is 27.8 Å². The minimum atomic E-state index is 0.750. The highest BCUT2D eigenvalue weighted by molar-refractivity contribution is 5.78. The molecule has 24 heavy (non-hydrogen) atoms. The van der Waals surface area contributed by atoms with Crippen LogP contribution >= 0.6 is 0 Å². The van der Waals surface area contributed by atoms with Crippen LogP contribution in [0.3, 0.4) is 0 Å². The zero-order chi connectivity index (χ0) is 16.8. The predicted octanol–water partition coefficient (Wildman–Crippen LogP) is 5.65. The van der Waals surface area contributed by atoms with Gasteiger partial charge >= 0.3 is 0 Å². The maximum absolute atomic E-state index is 11.1. The fraction of sp³-hybridized carbons (Fsp3) is 0.174. The van der Waals surface area contributed by atoms with Crippen LogP contribution in [0.5, 0.6) is 0 Å². The summed E-state index contributed by atoms with van der Waals surface area (Å²) in [5.41, 5.74) is 7.10. The van der Waals surface area contributed by atoms with Crippen LogP contribution in [0.15, 0.2) is 72.8 Å². The van der Waals surface area contributed by atoms with Crippen LogP contribution in [0.4, 0.5) is 0 Å². The summed E-state index contributed by atoms with van der Waals surface area (Å²) < 4.78 is 0. The first-order chi connectivity index (χ1) is 11.8. The molecule has 0 spiro atoms. The number of carbonyl (C=O) groups is 1. The Kier molecular flexibility index (Phi) is 5.22. The smallest absolute Gasteiger partial charge is 0.150 e. The molecule has 3 rings (SSSR count). The Morgan fingerprint density at radius 1 is 0.833 bits per heavy atom. The van der Waals surface area contributed by atoms with Crippen molar-refractivity contribution in [3.8, 4) is 11.1 Å². The van der Waals surface area contributed by atoms with E-state index in [9.17, 15) is 4.79 Å². The normalized spacial score (nSPS) is 10.5. The molecule has 0 bridgehead atoms. The Bertz CT molecular complexity index is 801. The zero-order valence-corrected chi connectivity index (χ0v) is 14.0. The number of benzene rings is 3. The lowest BCUT2D eigenvalue weighted by molar-refractivity contribution is 0.112. The molecule has 0 fully saturated rings. The Labute approximate surface area is 144 Å². The van der Waals surface area contributed by atoms with Gasteiger partial charge in [-0.25, -0.2) is 0 Å². The number of rotatable bonds is 6. The number of hydrogen-bond acceptors (Lipinski definition) is 1. The van der Waals surface area contributed by atoms with Crippen molar-refractivity contribution in [3.63, 3.8) is 0 Å². The van der Waals surface area contributed by atoms with Crippen LogP contribution < -0.4 is 0 Å². The van der Waals surface area contributed by atoms with E-state index in [2.05, 4.69) is 61.5 Å². The Morgan fingerprint density at radius 3 is 2.29 bits per heavy atom. The highest BCUT2D eigenvalue weighted by Crippen LogP contribution is 2.26. The minimum absolute atomic E-state index is 0.750. The second kappa shape index (κ2) is 7.74. The molecule has 3 aromatic rings. The van der Waals surface area contributed by atoms with Gasteiger partial charge in [-0.05, 0) is 54.5 Å². The topological polar surface area (TPSA) is 17.1 Å². The van der Waals surface area contributed by atoms with Gasteiger partial charge in [0, 0.05) is 5.56 Å². The van der Waals surface area contributed by atoms with Crippen molar-refractivity contribution >= 4 is 6.29 Å². The minimum Gasteiger partial charge on any atom is -0.298 e. The number of hydrogen-bond donors (Lipinski definition) is 0. The fourth-order valence-corrected chi connectivity index (χ4v) is 3.03. The summed E-state index contributed by atoms with van der Waals surface area (Å²) in [5.74, 6) is 0. The van der Waals surface area contributed by atoms with Crippen molar-refractivity contribution < 1.29 is 4.79 Å². The summed E-state index contributed by atoms with van der Waals surface area (Å²) in [6, 6.07) is 25.1. The molecule has 120 valence electrons. The largest absolute Gasteiger partial charge is 0.298 e. The van der Waals surface area contributed by atoms with Gasteiger partial charge in [-0.1, -0.05) is 72.3 Å². The summed E-state index contributed by atoms with van der Waals surface area (Å²) in [6.45, 7) is 2.11. The summed E-state index contributed by atoms with van der Waals surface area (Å²) >= 11 is 0. The summed E-state index contributed by atoms with van der Waals surface area (Å²) in [7, 11) is 0. The third kappa shape index (κ3) is 3.99. The Balaban J connectivity index is 1.78. The van der Waals surface area contributed by atoms with Gasteiger partial charge < -0.3 is 0 Å². The number of aryl methyl sites for hydroxylation is 3. The van der Waals surface area contributed by atoms with Crippen molar-refractivity contribution in [1.29, 1.82) is 0 Å². The average Bonchev–Trinajstić information content (AvgIpc) is 2.64. The number of aldehydes is 1. The number of carbonyl (C=O) groups excluding carboxylic acids is 1. The van der Waals surface area contributed by atoms with Gasteiger partial charge in [0.05, 0.1) is 0 Å². The van der Waals surface area contributed by atoms with Crippen molar-refractivity contribution in [2.75, 3.05) is 0 Å². The second-order valence-corrected chi connectivity index (χ2v) is 6.24. The lowest BCUT2D eigenvalue weighted by Gasteiger charge is -2.11. The first kappa shape index (κ1) is 16.2. The van der Waals surface area contributed by atoms with E-state index < -0.39 is 0 Å². The lowest BCUT2D eigenvalue weighted by Crippen LogP contribution is -1.95. The molecule has 0 aromatic heterocycles. The van der Waals surface area contributed by atoms with E-state index in [0.717, 1.165) is 31.1 Å². The van der Waals surface area contributed by atoms with Crippen LogP contribution in [-0.2, 0) is 12.8 Å². The maximum Gasteiger partial charge on any atom is 0.150 e. The van der Waals surface area contributed by atoms with Gasteiger partial charge in [-0.3, -0.25) is 4.79 Å². The highest BCUT2D eigenvalue weighted by atomic mass is 16.1. The highest BCUT2D eigenvalue weighted by Gasteiger charge is 2.06. The SMILES string of the molecule is Cc1ccc(CCCc2cc(C=O)ccc2-c2ccccc2)cc1. The molecule has 0 radical (unpaired) electrons. The monoisotopic (exact) mass is 314 g/mol. The van der Waals surface area contributed by atoms with Crippen molar-refractivity contribution in [2.24, 2.45) is 0 Å². The Morgan fingerprint density at radius 2 is 1.58 bits per heavy atom. The molecular weight excluding hydrogens is 292 g/mol. The molecule has 0 amide bonds. The molecule has 1 nitrogen and oxygen atoms in total. The third-order valence-electron chi connectivity index (χ3n) is 4.38. The van der Waals surface area contributed by atoms with Gasteiger partial charge in [-0.2, -0.15) is 0 Å². The van der Waals surface area contributed by atoms with Crippen LogP contribution in [-0.4, -0.2) is 6.29 Å². The summed E-state index contributed by atoms with van der Waals surface area (Å²) in [5, 5.41) is 0. The molecule has 0 saturated heterocycles. The molecule has 0 heterocycles. The second-order valence-electron chi connectivity index (χ2n) is 6.24. The molecular formula is C23H22O. The standard InChI is InChI=1S/C23H22O/c1-18-10-12-19(13-11-18)6-5-9-22-16-20(17-24)14-15-23(22)21-7-3-2-4-8-21/h2-4,7-8,10-17H,5-6,9H2,1H3. The predicted molar refractivity (Wildman–Crippen MR) is 100 cm³/mol. The summed E-state index contributed by atoms with van der Waals surface area (Å²) in [6.07, 6.45) is 4.03. The van der Waals surface area contributed by atoms with Crippen molar-refractivity contribution in [1.82, 2.24) is 0 Å². The average molecular weight is 314 g/mol. The van der Waals surface area contributed by atoms with E-state index >= 15 is 0 Å². The van der Waals surface area contributed by atoms with Crippen molar-refractivity contribution in [3.05, 3.63) is 95.1 Å². The fourth-order valence-electron chi connectivity index (χ4n) is 3.03. The molecule has 0 atom stereocenters. The molecule has 0 unspecified atom stereocenters. The first-order valence-corrected chi connectivity index (χ1v) is 8.45. The van der Waals surface area contributed by atoms with Gasteiger partial charge in [0.2, 0.25) is 0 Å². The van der Waals surface area contributed by atoms with Crippen LogP contribution in [0.2, 0.25) is 0 Å². The zero-order valence-electron chi connectivity index (χ0n) is 14.0. The molecule has 0 N–H and O–H groups in total. The van der Waals surface area contributed by atoms with E-state index in [1.54, 1.807) is 0 Å². The third-order valence-corrected chi connectivity index (χ3v) is 4.38. The molecule has 0 saturated carbocycles. The lowest BCUT2D eigenvalue weighted by atomic mass is 9.93. The van der Waals surface area contributed by atoms with Crippen LogP contribution in [0.25, 0.3) is 11.1 Å². The van der Waals surface area contributed by atoms with Crippen LogP contribution in [0, 0.1) is 6.92 Å². The van der Waals surface area contributed by atoms with E-state index in [-0.39, 0.29) is 0 Å². The van der Waals surface area contributed by atoms with E-state index in [0.29, 0.717) is 0 Å². The molecule has 3 aromatic carbocycles. The maximum atomic E-state index is 11.1.